The van der Waals surface area contributed by atoms with Crippen molar-refractivity contribution in [3.8, 4) is 0 Å². The molecule has 0 saturated heterocycles. The van der Waals surface area contributed by atoms with Crippen LogP contribution in [-0.2, 0) is 0 Å². The van der Waals surface area contributed by atoms with Crippen molar-refractivity contribution in [1.29, 1.82) is 0 Å². The summed E-state index contributed by atoms with van der Waals surface area (Å²) in [4.78, 5) is 15.9. The van der Waals surface area contributed by atoms with E-state index in [4.69, 9.17) is 23.2 Å². The van der Waals surface area contributed by atoms with Crippen LogP contribution in [0.2, 0.25) is 5.02 Å². The van der Waals surface area contributed by atoms with Gasteiger partial charge >= 0.3 is 0 Å². The average Bonchev–Trinajstić information content (AvgIpc) is 2.30. The van der Waals surface area contributed by atoms with Crippen LogP contribution in [0.1, 0.15) is 37.2 Å². The fourth-order valence-corrected chi connectivity index (χ4v) is 1.91. The molecule has 0 aliphatic heterocycles. The summed E-state index contributed by atoms with van der Waals surface area (Å²) in [5.74, 6) is 0.315. The molecule has 0 bridgehead atoms. The summed E-state index contributed by atoms with van der Waals surface area (Å²) in [6.07, 6.45) is 3.00. The predicted molar refractivity (Wildman–Crippen MR) is 70.7 cm³/mol. The van der Waals surface area contributed by atoms with Crippen LogP contribution >= 0.6 is 23.2 Å². The Bertz CT molecular complexity index is 381. The SMILES string of the molecule is CCC(C)(CCCl)NC(=O)c1ccc(Cl)cn1. The molecule has 0 aromatic carbocycles. The van der Waals surface area contributed by atoms with E-state index in [9.17, 15) is 4.79 Å². The molecule has 1 aromatic rings. The Hall–Kier alpha value is -0.800. The summed E-state index contributed by atoms with van der Waals surface area (Å²) in [7, 11) is 0. The number of rotatable bonds is 5. The Morgan fingerprint density at radius 3 is 2.71 bits per heavy atom. The lowest BCUT2D eigenvalue weighted by molar-refractivity contribution is 0.0896. The summed E-state index contributed by atoms with van der Waals surface area (Å²) in [5.41, 5.74) is 0.0730. The number of nitrogens with zero attached hydrogens (tertiary/aromatic N) is 1. The summed E-state index contributed by atoms with van der Waals surface area (Å²) < 4.78 is 0. The second-order valence-corrected chi connectivity index (χ2v) is 4.98. The molecule has 0 aliphatic rings. The van der Waals surface area contributed by atoms with Gasteiger partial charge in [-0.2, -0.15) is 0 Å². The molecule has 1 unspecified atom stereocenters. The number of alkyl halides is 1. The van der Waals surface area contributed by atoms with Gasteiger partial charge in [-0.25, -0.2) is 4.98 Å². The number of pyridine rings is 1. The molecule has 17 heavy (non-hydrogen) atoms. The summed E-state index contributed by atoms with van der Waals surface area (Å²) in [6, 6.07) is 3.25. The molecule has 3 nitrogen and oxygen atoms in total. The van der Waals surface area contributed by atoms with Crippen LogP contribution < -0.4 is 5.32 Å². The third kappa shape index (κ3) is 4.17. The van der Waals surface area contributed by atoms with Gasteiger partial charge in [-0.3, -0.25) is 4.79 Å². The van der Waals surface area contributed by atoms with Gasteiger partial charge in [0, 0.05) is 17.6 Å². The van der Waals surface area contributed by atoms with Crippen molar-refractivity contribution < 1.29 is 4.79 Å². The molecule has 1 amide bonds. The first-order valence-corrected chi connectivity index (χ1v) is 6.42. The molecule has 5 heteroatoms. The van der Waals surface area contributed by atoms with Crippen molar-refractivity contribution in [3.63, 3.8) is 0 Å². The first kappa shape index (κ1) is 14.3. The average molecular weight is 275 g/mol. The first-order valence-electron chi connectivity index (χ1n) is 5.51. The van der Waals surface area contributed by atoms with Crippen LogP contribution in [0, 0.1) is 0 Å². The number of amides is 1. The van der Waals surface area contributed by atoms with Gasteiger partial charge in [-0.15, -0.1) is 11.6 Å². The lowest BCUT2D eigenvalue weighted by atomic mass is 9.95. The van der Waals surface area contributed by atoms with Gasteiger partial charge < -0.3 is 5.32 Å². The molecule has 0 aliphatic carbocycles. The lowest BCUT2D eigenvalue weighted by Gasteiger charge is -2.28. The molecular formula is C12H16Cl2N2O. The van der Waals surface area contributed by atoms with E-state index in [0.717, 1.165) is 12.8 Å². The number of hydrogen-bond acceptors (Lipinski definition) is 2. The van der Waals surface area contributed by atoms with E-state index in [1.165, 1.54) is 6.20 Å². The minimum atomic E-state index is -0.292. The van der Waals surface area contributed by atoms with E-state index < -0.39 is 0 Å². The number of carbonyl (C=O) groups is 1. The molecule has 1 heterocycles. The van der Waals surface area contributed by atoms with E-state index >= 15 is 0 Å². The summed E-state index contributed by atoms with van der Waals surface area (Å²) in [5, 5.41) is 3.47. The number of carbonyl (C=O) groups excluding carboxylic acids is 1. The second-order valence-electron chi connectivity index (χ2n) is 4.17. The van der Waals surface area contributed by atoms with Crippen LogP contribution in [0.5, 0.6) is 0 Å². The van der Waals surface area contributed by atoms with Crippen LogP contribution in [0.3, 0.4) is 0 Å². The molecule has 0 spiro atoms. The zero-order valence-electron chi connectivity index (χ0n) is 9.96. The van der Waals surface area contributed by atoms with Crippen LogP contribution in [-0.4, -0.2) is 22.3 Å². The monoisotopic (exact) mass is 274 g/mol. The maximum atomic E-state index is 11.9. The standard InChI is InChI=1S/C12H16Cl2N2O/c1-3-12(2,6-7-13)16-11(17)10-5-4-9(14)8-15-10/h4-5,8H,3,6-7H2,1-2H3,(H,16,17). The molecule has 94 valence electrons. The molecule has 0 saturated carbocycles. The van der Waals surface area contributed by atoms with Crippen molar-refractivity contribution in [1.82, 2.24) is 10.3 Å². The lowest BCUT2D eigenvalue weighted by Crippen LogP contribution is -2.46. The predicted octanol–water partition coefficient (Wildman–Crippen LogP) is 3.26. The van der Waals surface area contributed by atoms with Crippen LogP contribution in [0.15, 0.2) is 18.3 Å². The highest BCUT2D eigenvalue weighted by molar-refractivity contribution is 6.30. The topological polar surface area (TPSA) is 42.0 Å². The Morgan fingerprint density at radius 2 is 2.24 bits per heavy atom. The third-order valence-electron chi connectivity index (χ3n) is 2.80. The van der Waals surface area contributed by atoms with Gasteiger partial charge in [0.2, 0.25) is 0 Å². The van der Waals surface area contributed by atoms with Crippen molar-refractivity contribution >= 4 is 29.1 Å². The van der Waals surface area contributed by atoms with Crippen molar-refractivity contribution in [2.75, 3.05) is 5.88 Å². The van der Waals surface area contributed by atoms with Gasteiger partial charge in [-0.1, -0.05) is 18.5 Å². The van der Waals surface area contributed by atoms with Gasteiger partial charge in [0.05, 0.1) is 5.02 Å². The minimum absolute atomic E-state index is 0.198. The Kier molecular flexibility index (Phi) is 5.22. The second kappa shape index (κ2) is 6.22. The Balaban J connectivity index is 2.74. The molecule has 0 fully saturated rings. The first-order chi connectivity index (χ1) is 8.00. The largest absolute Gasteiger partial charge is 0.346 e. The zero-order chi connectivity index (χ0) is 12.9. The van der Waals surface area contributed by atoms with Gasteiger partial charge in [0.1, 0.15) is 5.69 Å². The van der Waals surface area contributed by atoms with Crippen LogP contribution in [0.25, 0.3) is 0 Å². The molecule has 1 N–H and O–H groups in total. The smallest absolute Gasteiger partial charge is 0.270 e. The Morgan fingerprint density at radius 1 is 1.53 bits per heavy atom. The fourth-order valence-electron chi connectivity index (χ4n) is 1.38. The van der Waals surface area contributed by atoms with Crippen LogP contribution in [0.4, 0.5) is 0 Å². The Labute approximate surface area is 112 Å². The van der Waals surface area contributed by atoms with E-state index in [0.29, 0.717) is 16.6 Å². The maximum absolute atomic E-state index is 11.9. The zero-order valence-corrected chi connectivity index (χ0v) is 11.5. The molecule has 1 rings (SSSR count). The van der Waals surface area contributed by atoms with Gasteiger partial charge in [0.15, 0.2) is 0 Å². The number of halogens is 2. The normalized spacial score (nSPS) is 14.1. The highest BCUT2D eigenvalue weighted by atomic mass is 35.5. The fraction of sp³-hybridized carbons (Fsp3) is 0.500. The number of aromatic nitrogens is 1. The number of hydrogen-bond donors (Lipinski definition) is 1. The molecular weight excluding hydrogens is 259 g/mol. The van der Waals surface area contributed by atoms with Crippen molar-refractivity contribution in [3.05, 3.63) is 29.0 Å². The third-order valence-corrected chi connectivity index (χ3v) is 3.21. The quantitative estimate of drug-likeness (QED) is 0.838. The molecule has 0 radical (unpaired) electrons. The molecule has 1 atom stereocenters. The minimum Gasteiger partial charge on any atom is -0.346 e. The number of nitrogens with one attached hydrogen (secondary N) is 1. The van der Waals surface area contributed by atoms with E-state index in [2.05, 4.69) is 10.3 Å². The van der Waals surface area contributed by atoms with Crippen molar-refractivity contribution in [2.24, 2.45) is 0 Å². The highest BCUT2D eigenvalue weighted by Crippen LogP contribution is 2.16. The summed E-state index contributed by atoms with van der Waals surface area (Å²) >= 11 is 11.4. The highest BCUT2D eigenvalue weighted by Gasteiger charge is 2.24. The van der Waals surface area contributed by atoms with E-state index in [1.807, 2.05) is 13.8 Å². The van der Waals surface area contributed by atoms with Gasteiger partial charge in [-0.05, 0) is 31.9 Å². The summed E-state index contributed by atoms with van der Waals surface area (Å²) in [6.45, 7) is 3.99. The van der Waals surface area contributed by atoms with E-state index in [-0.39, 0.29) is 11.4 Å². The molecule has 1 aromatic heterocycles. The van der Waals surface area contributed by atoms with Gasteiger partial charge in [0.25, 0.3) is 5.91 Å². The van der Waals surface area contributed by atoms with Crippen molar-refractivity contribution in [2.45, 2.75) is 32.2 Å². The maximum Gasteiger partial charge on any atom is 0.270 e. The van der Waals surface area contributed by atoms with E-state index in [1.54, 1.807) is 12.1 Å².